The summed E-state index contributed by atoms with van der Waals surface area (Å²) >= 11 is 0. The number of rotatable bonds is 5. The van der Waals surface area contributed by atoms with Crippen molar-refractivity contribution in [3.8, 4) is 17.2 Å². The number of ether oxygens (including phenoxy) is 1. The molecule has 9 nitrogen and oxygen atoms in total. The first kappa shape index (κ1) is 25.8. The number of ketones is 1. The van der Waals surface area contributed by atoms with Gasteiger partial charge in [-0.1, -0.05) is 44.5 Å². The number of benzene rings is 2. The number of hydrogen-bond donors (Lipinski definition) is 2. The monoisotopic (exact) mass is 522 g/mol. The first-order chi connectivity index (χ1) is 18.6. The standard InChI is InChI=1S/C30H30N6O3/c1-18-9-11-21(12-10-18)36-27(17-26(35-36)30(3,4)5)34-29(38)33-20-7-6-8-22(15-20)39-25-13-14-31-28-23(25)16-24(37)19(2)32-28/h6-15,17H,16H2,1-5H3,(H2,33,34,38). The van der Waals surface area contributed by atoms with Crippen LogP contribution in [0.1, 0.15) is 44.5 Å². The summed E-state index contributed by atoms with van der Waals surface area (Å²) in [6.45, 7) is 9.93. The van der Waals surface area contributed by atoms with Crippen molar-refractivity contribution in [1.29, 1.82) is 0 Å². The zero-order valence-corrected chi connectivity index (χ0v) is 22.6. The van der Waals surface area contributed by atoms with Crippen molar-refractivity contribution in [2.75, 3.05) is 10.6 Å². The van der Waals surface area contributed by atoms with Crippen molar-refractivity contribution in [2.45, 2.75) is 46.5 Å². The second-order valence-electron chi connectivity index (χ2n) is 10.5. The average Bonchev–Trinajstić information content (AvgIpc) is 3.30. The number of carbonyl (C=O) groups is 2. The minimum Gasteiger partial charge on any atom is -0.457 e. The molecule has 0 radical (unpaired) electrons. The molecular formula is C30H30N6O3. The number of aromatic nitrogens is 3. The molecule has 198 valence electrons. The number of aliphatic imine (C=N–C) groups is 1. The topological polar surface area (TPSA) is 110 Å². The lowest BCUT2D eigenvalue weighted by Gasteiger charge is -2.16. The number of carbonyl (C=O) groups excluding carboxylic acids is 2. The fourth-order valence-electron chi connectivity index (χ4n) is 4.09. The van der Waals surface area contributed by atoms with Gasteiger partial charge in [0.25, 0.3) is 0 Å². The van der Waals surface area contributed by atoms with E-state index in [1.165, 1.54) is 0 Å². The van der Waals surface area contributed by atoms with Gasteiger partial charge >= 0.3 is 6.03 Å². The van der Waals surface area contributed by atoms with Crippen LogP contribution in [0.15, 0.2) is 71.9 Å². The van der Waals surface area contributed by atoms with E-state index in [0.29, 0.717) is 40.1 Å². The van der Waals surface area contributed by atoms with Crippen molar-refractivity contribution in [3.05, 3.63) is 83.7 Å². The molecular weight excluding hydrogens is 492 g/mol. The zero-order valence-electron chi connectivity index (χ0n) is 22.6. The number of aryl methyl sites for hydroxylation is 1. The number of nitrogens with zero attached hydrogens (tertiary/aromatic N) is 4. The van der Waals surface area contributed by atoms with Crippen molar-refractivity contribution in [2.24, 2.45) is 4.99 Å². The van der Waals surface area contributed by atoms with Gasteiger partial charge in [-0.2, -0.15) is 5.10 Å². The molecule has 0 unspecified atom stereocenters. The Balaban J connectivity index is 1.35. The summed E-state index contributed by atoms with van der Waals surface area (Å²) in [5, 5.41) is 10.6. The Labute approximate surface area is 227 Å². The molecule has 39 heavy (non-hydrogen) atoms. The number of amides is 2. The summed E-state index contributed by atoms with van der Waals surface area (Å²) in [7, 11) is 0. The maximum atomic E-state index is 13.0. The van der Waals surface area contributed by atoms with Crippen LogP contribution < -0.4 is 15.4 Å². The van der Waals surface area contributed by atoms with Gasteiger partial charge in [-0.15, -0.1) is 0 Å². The van der Waals surface area contributed by atoms with Crippen LogP contribution in [0, 0.1) is 6.92 Å². The molecule has 0 spiro atoms. The second-order valence-corrected chi connectivity index (χ2v) is 10.5. The molecule has 0 fully saturated rings. The summed E-state index contributed by atoms with van der Waals surface area (Å²) in [6.07, 6.45) is 1.78. The number of anilines is 2. The molecule has 4 aromatic rings. The average molecular weight is 523 g/mol. The SMILES string of the molecule is CC1=Nc2nccc(Oc3cccc(NC(=O)Nc4cc(C(C)(C)C)nn4-c4ccc(C)cc4)c3)c2CC1=O. The van der Waals surface area contributed by atoms with Gasteiger partial charge in [0.1, 0.15) is 17.3 Å². The highest BCUT2D eigenvalue weighted by Gasteiger charge is 2.23. The Morgan fingerprint density at radius 3 is 2.51 bits per heavy atom. The molecule has 2 aromatic heterocycles. The predicted molar refractivity (Wildman–Crippen MR) is 152 cm³/mol. The van der Waals surface area contributed by atoms with E-state index in [9.17, 15) is 9.59 Å². The first-order valence-electron chi connectivity index (χ1n) is 12.7. The molecule has 1 aliphatic rings. The van der Waals surface area contributed by atoms with E-state index >= 15 is 0 Å². The molecule has 2 aromatic carbocycles. The third-order valence-electron chi connectivity index (χ3n) is 6.32. The van der Waals surface area contributed by atoms with Gasteiger partial charge in [-0.3, -0.25) is 10.1 Å². The van der Waals surface area contributed by atoms with Gasteiger partial charge in [0.05, 0.1) is 17.1 Å². The van der Waals surface area contributed by atoms with Gasteiger partial charge < -0.3 is 10.1 Å². The van der Waals surface area contributed by atoms with E-state index in [4.69, 9.17) is 9.84 Å². The Bertz CT molecular complexity index is 1600. The third-order valence-corrected chi connectivity index (χ3v) is 6.32. The predicted octanol–water partition coefficient (Wildman–Crippen LogP) is 6.53. The molecule has 0 saturated heterocycles. The normalized spacial score (nSPS) is 12.9. The van der Waals surface area contributed by atoms with Crippen molar-refractivity contribution in [1.82, 2.24) is 14.8 Å². The summed E-state index contributed by atoms with van der Waals surface area (Å²) in [5.74, 6) is 1.98. The van der Waals surface area contributed by atoms with Crippen molar-refractivity contribution in [3.63, 3.8) is 0 Å². The van der Waals surface area contributed by atoms with Crippen LogP contribution >= 0.6 is 0 Å². The fraction of sp³-hybridized carbons (Fsp3) is 0.233. The third kappa shape index (κ3) is 5.72. The van der Waals surface area contributed by atoms with Gasteiger partial charge in [0.15, 0.2) is 11.6 Å². The molecule has 0 saturated carbocycles. The maximum absolute atomic E-state index is 13.0. The number of fused-ring (bicyclic) bond motifs is 1. The zero-order chi connectivity index (χ0) is 27.7. The Morgan fingerprint density at radius 1 is 1.00 bits per heavy atom. The van der Waals surface area contributed by atoms with Crippen molar-refractivity contribution >= 4 is 34.8 Å². The number of Topliss-reactive ketones (excluding diaryl/α,β-unsaturated/α-hetero) is 1. The Kier molecular flexibility index (Phi) is 6.74. The molecule has 0 atom stereocenters. The molecule has 0 bridgehead atoms. The molecule has 3 heterocycles. The lowest BCUT2D eigenvalue weighted by atomic mass is 9.92. The molecule has 5 rings (SSSR count). The van der Waals surface area contributed by atoms with E-state index < -0.39 is 6.03 Å². The highest BCUT2D eigenvalue weighted by Crippen LogP contribution is 2.34. The minimum absolute atomic E-state index is 0.0630. The van der Waals surface area contributed by atoms with Crippen LogP contribution in [0.2, 0.25) is 0 Å². The molecule has 9 heteroatoms. The van der Waals surface area contributed by atoms with Crippen LogP contribution in [-0.2, 0) is 16.6 Å². The minimum atomic E-state index is -0.419. The number of nitrogens with one attached hydrogen (secondary N) is 2. The number of urea groups is 1. The van der Waals surface area contributed by atoms with Crippen LogP contribution in [0.25, 0.3) is 5.69 Å². The van der Waals surface area contributed by atoms with Gasteiger partial charge in [-0.05, 0) is 44.2 Å². The molecule has 1 aliphatic heterocycles. The maximum Gasteiger partial charge on any atom is 0.324 e. The van der Waals surface area contributed by atoms with Gasteiger partial charge in [-0.25, -0.2) is 19.5 Å². The fourth-order valence-corrected chi connectivity index (χ4v) is 4.09. The van der Waals surface area contributed by atoms with E-state index in [0.717, 1.165) is 16.9 Å². The summed E-state index contributed by atoms with van der Waals surface area (Å²) in [4.78, 5) is 33.8. The smallest absolute Gasteiger partial charge is 0.324 e. The highest BCUT2D eigenvalue weighted by molar-refractivity contribution is 6.40. The van der Waals surface area contributed by atoms with Crippen LogP contribution in [-0.4, -0.2) is 32.3 Å². The van der Waals surface area contributed by atoms with Gasteiger partial charge in [0.2, 0.25) is 0 Å². The Hall–Kier alpha value is -4.79. The summed E-state index contributed by atoms with van der Waals surface area (Å²) in [5.41, 5.74) is 4.25. The Morgan fingerprint density at radius 2 is 1.77 bits per heavy atom. The summed E-state index contributed by atoms with van der Waals surface area (Å²) in [6, 6.07) is 18.2. The lowest BCUT2D eigenvalue weighted by Crippen LogP contribution is -2.21. The molecule has 2 amide bonds. The largest absolute Gasteiger partial charge is 0.457 e. The van der Waals surface area contributed by atoms with E-state index in [1.54, 1.807) is 48.1 Å². The van der Waals surface area contributed by atoms with E-state index in [-0.39, 0.29) is 17.6 Å². The van der Waals surface area contributed by atoms with Crippen molar-refractivity contribution < 1.29 is 14.3 Å². The number of pyridine rings is 1. The number of hydrogen-bond acceptors (Lipinski definition) is 6. The van der Waals surface area contributed by atoms with Crippen LogP contribution in [0.3, 0.4) is 0 Å². The summed E-state index contributed by atoms with van der Waals surface area (Å²) < 4.78 is 7.81. The lowest BCUT2D eigenvalue weighted by molar-refractivity contribution is -0.112. The quantitative estimate of drug-likeness (QED) is 0.310. The van der Waals surface area contributed by atoms with Crippen LogP contribution in [0.4, 0.5) is 22.1 Å². The van der Waals surface area contributed by atoms with Gasteiger partial charge in [0, 0.05) is 41.4 Å². The molecule has 2 N–H and O–H groups in total. The second kappa shape index (κ2) is 10.2. The molecule has 0 aliphatic carbocycles. The van der Waals surface area contributed by atoms with E-state index in [2.05, 4.69) is 41.4 Å². The van der Waals surface area contributed by atoms with Crippen LogP contribution in [0.5, 0.6) is 11.5 Å². The van der Waals surface area contributed by atoms with E-state index in [1.807, 2.05) is 37.3 Å². The first-order valence-corrected chi connectivity index (χ1v) is 12.7. The highest BCUT2D eigenvalue weighted by atomic mass is 16.5.